The van der Waals surface area contributed by atoms with Gasteiger partial charge in [-0.05, 0) is 55.7 Å². The SMILES string of the molecule is CCCCCCCCOC(=O)C1CCCn2c(C(=O)c3ccc(OC)cc3)ccc21. The number of carbonyl (C=O) groups excluding carboxylic acids is 2. The number of methoxy groups -OCH3 is 1. The second-order valence-corrected chi connectivity index (χ2v) is 7.98. The Morgan fingerprint density at radius 2 is 1.73 bits per heavy atom. The number of nitrogens with zero attached hydrogens (tertiary/aromatic N) is 1. The van der Waals surface area contributed by atoms with E-state index in [1.54, 1.807) is 31.4 Å². The van der Waals surface area contributed by atoms with Crippen molar-refractivity contribution < 1.29 is 19.1 Å². The molecule has 0 saturated heterocycles. The van der Waals surface area contributed by atoms with Crippen LogP contribution in [0.3, 0.4) is 0 Å². The molecular formula is C25H33NO4. The fourth-order valence-electron chi connectivity index (χ4n) is 4.12. The van der Waals surface area contributed by atoms with Crippen molar-refractivity contribution in [3.8, 4) is 5.75 Å². The van der Waals surface area contributed by atoms with Crippen LogP contribution in [0.25, 0.3) is 0 Å². The van der Waals surface area contributed by atoms with E-state index < -0.39 is 0 Å². The van der Waals surface area contributed by atoms with Gasteiger partial charge in [-0.3, -0.25) is 9.59 Å². The smallest absolute Gasteiger partial charge is 0.314 e. The lowest BCUT2D eigenvalue weighted by atomic mass is 9.96. The van der Waals surface area contributed by atoms with Crippen LogP contribution in [-0.4, -0.2) is 30.0 Å². The minimum Gasteiger partial charge on any atom is -0.497 e. The number of ether oxygens (including phenoxy) is 2. The summed E-state index contributed by atoms with van der Waals surface area (Å²) in [5, 5.41) is 0. The highest BCUT2D eigenvalue weighted by molar-refractivity contribution is 6.08. The summed E-state index contributed by atoms with van der Waals surface area (Å²) in [6, 6.07) is 10.9. The lowest BCUT2D eigenvalue weighted by Gasteiger charge is -2.25. The van der Waals surface area contributed by atoms with E-state index in [0.29, 0.717) is 17.9 Å². The average Bonchev–Trinajstić information content (AvgIpc) is 3.22. The van der Waals surface area contributed by atoms with Crippen molar-refractivity contribution in [2.45, 2.75) is 70.8 Å². The van der Waals surface area contributed by atoms with Gasteiger partial charge in [0.15, 0.2) is 0 Å². The quantitative estimate of drug-likeness (QED) is 0.278. The zero-order chi connectivity index (χ0) is 21.3. The lowest BCUT2D eigenvalue weighted by Crippen LogP contribution is -2.25. The molecule has 0 fully saturated rings. The molecule has 1 aromatic carbocycles. The van der Waals surface area contributed by atoms with E-state index in [9.17, 15) is 9.59 Å². The monoisotopic (exact) mass is 411 g/mol. The minimum absolute atomic E-state index is 0.0370. The van der Waals surface area contributed by atoms with Crippen molar-refractivity contribution in [3.63, 3.8) is 0 Å². The molecule has 3 rings (SSSR count). The number of carbonyl (C=O) groups is 2. The molecule has 0 N–H and O–H groups in total. The van der Waals surface area contributed by atoms with E-state index in [1.807, 2.05) is 16.7 Å². The Labute approximate surface area is 179 Å². The third-order valence-electron chi connectivity index (χ3n) is 5.86. The molecule has 0 amide bonds. The van der Waals surface area contributed by atoms with E-state index >= 15 is 0 Å². The van der Waals surface area contributed by atoms with Crippen LogP contribution in [0.1, 0.15) is 86.0 Å². The normalized spacial score (nSPS) is 15.5. The molecule has 0 aliphatic carbocycles. The molecule has 0 bridgehead atoms. The van der Waals surface area contributed by atoms with Crippen LogP contribution in [0.2, 0.25) is 0 Å². The molecular weight excluding hydrogens is 378 g/mol. The Hall–Kier alpha value is -2.56. The van der Waals surface area contributed by atoms with Gasteiger partial charge in [-0.25, -0.2) is 0 Å². The molecule has 2 aromatic rings. The first kappa shape index (κ1) is 22.1. The highest BCUT2D eigenvalue weighted by atomic mass is 16.5. The summed E-state index contributed by atoms with van der Waals surface area (Å²) in [5.74, 6) is 0.240. The maximum atomic E-state index is 13.0. The van der Waals surface area contributed by atoms with E-state index in [4.69, 9.17) is 9.47 Å². The van der Waals surface area contributed by atoms with Crippen molar-refractivity contribution in [3.05, 3.63) is 53.3 Å². The molecule has 1 aliphatic heterocycles. The maximum absolute atomic E-state index is 13.0. The van der Waals surface area contributed by atoms with Crippen LogP contribution in [0.4, 0.5) is 0 Å². The van der Waals surface area contributed by atoms with E-state index in [2.05, 4.69) is 6.92 Å². The van der Waals surface area contributed by atoms with E-state index in [1.165, 1.54) is 25.7 Å². The lowest BCUT2D eigenvalue weighted by molar-refractivity contribution is -0.146. The van der Waals surface area contributed by atoms with Crippen LogP contribution >= 0.6 is 0 Å². The summed E-state index contributed by atoms with van der Waals surface area (Å²) in [6.07, 6.45) is 8.63. The number of unbranched alkanes of at least 4 members (excludes halogenated alkanes) is 5. The van der Waals surface area contributed by atoms with Gasteiger partial charge < -0.3 is 14.0 Å². The highest BCUT2D eigenvalue weighted by Crippen LogP contribution is 2.31. The average molecular weight is 412 g/mol. The summed E-state index contributed by atoms with van der Waals surface area (Å²) < 4.78 is 12.7. The van der Waals surface area contributed by atoms with Gasteiger partial charge in [0.1, 0.15) is 5.75 Å². The number of fused-ring (bicyclic) bond motifs is 1. The zero-order valence-corrected chi connectivity index (χ0v) is 18.2. The number of esters is 1. The Balaban J connectivity index is 1.60. The van der Waals surface area contributed by atoms with Gasteiger partial charge in [-0.1, -0.05) is 39.0 Å². The van der Waals surface area contributed by atoms with Crippen molar-refractivity contribution >= 4 is 11.8 Å². The Bertz CT molecular complexity index is 837. The van der Waals surface area contributed by atoms with Gasteiger partial charge in [-0.2, -0.15) is 0 Å². The Morgan fingerprint density at radius 1 is 1.00 bits per heavy atom. The van der Waals surface area contributed by atoms with Crippen LogP contribution in [0, 0.1) is 0 Å². The molecule has 1 aliphatic rings. The van der Waals surface area contributed by atoms with E-state index in [0.717, 1.165) is 43.7 Å². The van der Waals surface area contributed by atoms with Gasteiger partial charge >= 0.3 is 5.97 Å². The number of ketones is 1. The van der Waals surface area contributed by atoms with Gasteiger partial charge in [0.2, 0.25) is 5.78 Å². The zero-order valence-electron chi connectivity index (χ0n) is 18.2. The van der Waals surface area contributed by atoms with E-state index in [-0.39, 0.29) is 17.7 Å². The Kier molecular flexibility index (Phi) is 8.12. The summed E-state index contributed by atoms with van der Waals surface area (Å²) in [6.45, 7) is 3.44. The number of hydrogen-bond donors (Lipinski definition) is 0. The Morgan fingerprint density at radius 3 is 2.47 bits per heavy atom. The van der Waals surface area contributed by atoms with Crippen molar-refractivity contribution in [2.24, 2.45) is 0 Å². The highest BCUT2D eigenvalue weighted by Gasteiger charge is 2.30. The summed E-state index contributed by atoms with van der Waals surface area (Å²) in [7, 11) is 1.60. The molecule has 162 valence electrons. The second-order valence-electron chi connectivity index (χ2n) is 7.98. The van der Waals surface area contributed by atoms with Gasteiger partial charge in [-0.15, -0.1) is 0 Å². The topological polar surface area (TPSA) is 57.5 Å². The number of hydrogen-bond acceptors (Lipinski definition) is 4. The van der Waals surface area contributed by atoms with Crippen LogP contribution in [-0.2, 0) is 16.1 Å². The predicted octanol–water partition coefficient (Wildman–Crippen LogP) is 5.51. The van der Waals surface area contributed by atoms with Crippen LogP contribution in [0.5, 0.6) is 5.75 Å². The molecule has 5 heteroatoms. The first-order valence-corrected chi connectivity index (χ1v) is 11.2. The third-order valence-corrected chi connectivity index (χ3v) is 5.86. The van der Waals surface area contributed by atoms with Crippen molar-refractivity contribution in [1.82, 2.24) is 4.57 Å². The number of benzene rings is 1. The molecule has 2 heterocycles. The molecule has 0 radical (unpaired) electrons. The molecule has 30 heavy (non-hydrogen) atoms. The fourth-order valence-corrected chi connectivity index (χ4v) is 4.12. The molecule has 0 spiro atoms. The van der Waals surface area contributed by atoms with Crippen molar-refractivity contribution in [2.75, 3.05) is 13.7 Å². The minimum atomic E-state index is -0.281. The molecule has 1 unspecified atom stereocenters. The molecule has 1 atom stereocenters. The largest absolute Gasteiger partial charge is 0.497 e. The second kappa shape index (κ2) is 11.0. The fraction of sp³-hybridized carbons (Fsp3) is 0.520. The number of rotatable bonds is 11. The van der Waals surface area contributed by atoms with Gasteiger partial charge in [0.25, 0.3) is 0 Å². The molecule has 5 nitrogen and oxygen atoms in total. The number of aromatic nitrogens is 1. The third kappa shape index (κ3) is 5.32. The standard InChI is InChI=1S/C25H33NO4/c1-3-4-5-6-7-8-18-30-25(28)21-10-9-17-26-22(21)15-16-23(26)24(27)19-11-13-20(29-2)14-12-19/h11-16,21H,3-10,17-18H2,1-2H3. The predicted molar refractivity (Wildman–Crippen MR) is 117 cm³/mol. The summed E-state index contributed by atoms with van der Waals surface area (Å²) >= 11 is 0. The first-order chi connectivity index (χ1) is 14.7. The summed E-state index contributed by atoms with van der Waals surface area (Å²) in [4.78, 5) is 25.7. The summed E-state index contributed by atoms with van der Waals surface area (Å²) in [5.41, 5.74) is 2.14. The molecule has 0 saturated carbocycles. The van der Waals surface area contributed by atoms with Gasteiger partial charge in [0.05, 0.1) is 25.3 Å². The maximum Gasteiger partial charge on any atom is 0.314 e. The van der Waals surface area contributed by atoms with Crippen molar-refractivity contribution in [1.29, 1.82) is 0 Å². The van der Waals surface area contributed by atoms with Gasteiger partial charge in [0, 0.05) is 17.8 Å². The van der Waals surface area contributed by atoms with Crippen LogP contribution in [0.15, 0.2) is 36.4 Å². The first-order valence-electron chi connectivity index (χ1n) is 11.2. The van der Waals surface area contributed by atoms with Crippen LogP contribution < -0.4 is 4.74 Å². The molecule has 1 aromatic heterocycles.